The first-order chi connectivity index (χ1) is 8.99. The van der Waals surface area contributed by atoms with Gasteiger partial charge in [0.25, 0.3) is 0 Å². The summed E-state index contributed by atoms with van der Waals surface area (Å²) in [5.74, 6) is -1.32. The lowest BCUT2D eigenvalue weighted by Gasteiger charge is -2.05. The maximum absolute atomic E-state index is 13.8. The molecule has 2 aromatic heterocycles. The van der Waals surface area contributed by atoms with Crippen LogP contribution in [0.25, 0.3) is 0 Å². The van der Waals surface area contributed by atoms with Gasteiger partial charge in [-0.25, -0.2) is 19.2 Å². The van der Waals surface area contributed by atoms with Crippen LogP contribution in [0.2, 0.25) is 0 Å². The molecule has 0 aliphatic rings. The summed E-state index contributed by atoms with van der Waals surface area (Å²) in [7, 11) is 0. The van der Waals surface area contributed by atoms with Gasteiger partial charge < -0.3 is 14.8 Å². The highest BCUT2D eigenvalue weighted by molar-refractivity contribution is 5.88. The first-order valence-electron chi connectivity index (χ1n) is 5.53. The molecule has 100 valence electrons. The number of aromatic nitrogens is 2. The van der Waals surface area contributed by atoms with E-state index in [1.54, 1.807) is 13.8 Å². The maximum Gasteiger partial charge on any atom is 0.338 e. The molecule has 0 saturated carbocycles. The van der Waals surface area contributed by atoms with Gasteiger partial charge in [0.1, 0.15) is 11.3 Å². The molecule has 2 aromatic rings. The molecule has 2 rings (SSSR count). The van der Waals surface area contributed by atoms with Gasteiger partial charge in [0, 0.05) is 6.20 Å². The quantitative estimate of drug-likeness (QED) is 0.880. The van der Waals surface area contributed by atoms with E-state index < -0.39 is 17.3 Å². The maximum atomic E-state index is 13.8. The SMILES string of the molecule is Cc1nc(CNc2nccc(C(=O)O)c2F)oc1C. The van der Waals surface area contributed by atoms with Crippen molar-refractivity contribution < 1.29 is 18.7 Å². The average molecular weight is 265 g/mol. The summed E-state index contributed by atoms with van der Waals surface area (Å²) in [6, 6.07) is 1.10. The Balaban J connectivity index is 2.16. The third-order valence-corrected chi connectivity index (χ3v) is 2.60. The largest absolute Gasteiger partial charge is 0.478 e. The van der Waals surface area contributed by atoms with Crippen LogP contribution in [0.3, 0.4) is 0 Å². The lowest BCUT2D eigenvalue weighted by atomic mass is 10.2. The summed E-state index contributed by atoms with van der Waals surface area (Å²) >= 11 is 0. The van der Waals surface area contributed by atoms with Gasteiger partial charge in [0.15, 0.2) is 11.6 Å². The van der Waals surface area contributed by atoms with Gasteiger partial charge >= 0.3 is 5.97 Å². The molecule has 0 saturated heterocycles. The Bertz CT molecular complexity index is 605. The van der Waals surface area contributed by atoms with Crippen LogP contribution in [0.15, 0.2) is 16.7 Å². The fraction of sp³-hybridized carbons (Fsp3) is 0.250. The van der Waals surface area contributed by atoms with Crippen LogP contribution >= 0.6 is 0 Å². The zero-order chi connectivity index (χ0) is 14.0. The summed E-state index contributed by atoms with van der Waals surface area (Å²) in [5, 5.41) is 11.4. The monoisotopic (exact) mass is 265 g/mol. The zero-order valence-electron chi connectivity index (χ0n) is 10.4. The summed E-state index contributed by atoms with van der Waals surface area (Å²) in [6.07, 6.45) is 1.22. The van der Waals surface area contributed by atoms with Crippen molar-refractivity contribution in [3.63, 3.8) is 0 Å². The Morgan fingerprint density at radius 1 is 1.53 bits per heavy atom. The van der Waals surface area contributed by atoms with E-state index >= 15 is 0 Å². The van der Waals surface area contributed by atoms with Crippen LogP contribution in [0.4, 0.5) is 10.2 Å². The van der Waals surface area contributed by atoms with Crippen LogP contribution in [0.5, 0.6) is 0 Å². The van der Waals surface area contributed by atoms with Crippen molar-refractivity contribution in [1.82, 2.24) is 9.97 Å². The van der Waals surface area contributed by atoms with Crippen LogP contribution in [0, 0.1) is 19.7 Å². The number of carboxylic acids is 1. The lowest BCUT2D eigenvalue weighted by Crippen LogP contribution is -2.08. The van der Waals surface area contributed by atoms with Gasteiger partial charge in [-0.15, -0.1) is 0 Å². The topological polar surface area (TPSA) is 88.2 Å². The Morgan fingerprint density at radius 2 is 2.26 bits per heavy atom. The number of aryl methyl sites for hydroxylation is 2. The van der Waals surface area contributed by atoms with E-state index in [1.807, 2.05) is 0 Å². The normalized spacial score (nSPS) is 10.5. The van der Waals surface area contributed by atoms with E-state index in [1.165, 1.54) is 6.20 Å². The summed E-state index contributed by atoms with van der Waals surface area (Å²) in [4.78, 5) is 18.6. The van der Waals surface area contributed by atoms with E-state index in [2.05, 4.69) is 15.3 Å². The second-order valence-corrected chi connectivity index (χ2v) is 3.93. The molecular formula is C12H12FN3O3. The van der Waals surface area contributed by atoms with Crippen molar-refractivity contribution in [1.29, 1.82) is 0 Å². The average Bonchev–Trinajstić information content (AvgIpc) is 2.67. The van der Waals surface area contributed by atoms with Crippen molar-refractivity contribution in [2.45, 2.75) is 20.4 Å². The highest BCUT2D eigenvalue weighted by Crippen LogP contribution is 2.16. The minimum Gasteiger partial charge on any atom is -0.478 e. The number of aromatic carboxylic acids is 1. The molecule has 0 unspecified atom stereocenters. The number of carbonyl (C=O) groups is 1. The van der Waals surface area contributed by atoms with Crippen molar-refractivity contribution in [2.75, 3.05) is 5.32 Å². The van der Waals surface area contributed by atoms with Crippen LogP contribution in [0.1, 0.15) is 27.7 Å². The molecule has 2 heterocycles. The fourth-order valence-corrected chi connectivity index (χ4v) is 1.51. The van der Waals surface area contributed by atoms with Crippen molar-refractivity contribution >= 4 is 11.8 Å². The van der Waals surface area contributed by atoms with E-state index in [0.717, 1.165) is 11.8 Å². The number of pyridine rings is 1. The molecule has 0 aliphatic carbocycles. The number of nitrogens with zero attached hydrogens (tertiary/aromatic N) is 2. The van der Waals surface area contributed by atoms with Gasteiger partial charge in [-0.1, -0.05) is 0 Å². The van der Waals surface area contributed by atoms with Gasteiger partial charge in [-0.05, 0) is 19.9 Å². The minimum absolute atomic E-state index is 0.127. The Kier molecular flexibility index (Phi) is 3.46. The Hall–Kier alpha value is -2.44. The number of anilines is 1. The molecule has 0 radical (unpaired) electrons. The minimum atomic E-state index is -1.34. The Morgan fingerprint density at radius 3 is 2.84 bits per heavy atom. The van der Waals surface area contributed by atoms with E-state index in [9.17, 15) is 9.18 Å². The molecule has 7 heteroatoms. The zero-order valence-corrected chi connectivity index (χ0v) is 10.4. The molecular weight excluding hydrogens is 253 g/mol. The second kappa shape index (κ2) is 5.05. The number of hydrogen-bond donors (Lipinski definition) is 2. The smallest absolute Gasteiger partial charge is 0.338 e. The number of oxazole rings is 1. The lowest BCUT2D eigenvalue weighted by molar-refractivity contribution is 0.0692. The number of nitrogens with one attached hydrogen (secondary N) is 1. The van der Waals surface area contributed by atoms with E-state index in [0.29, 0.717) is 11.7 Å². The molecule has 2 N–H and O–H groups in total. The van der Waals surface area contributed by atoms with Crippen LogP contribution in [-0.2, 0) is 6.54 Å². The van der Waals surface area contributed by atoms with E-state index in [4.69, 9.17) is 9.52 Å². The molecule has 0 amide bonds. The number of rotatable bonds is 4. The molecule has 0 atom stereocenters. The molecule has 0 spiro atoms. The van der Waals surface area contributed by atoms with Crippen molar-refractivity contribution in [2.24, 2.45) is 0 Å². The highest BCUT2D eigenvalue weighted by Gasteiger charge is 2.15. The van der Waals surface area contributed by atoms with Crippen LogP contribution in [-0.4, -0.2) is 21.0 Å². The first-order valence-corrected chi connectivity index (χ1v) is 5.53. The second-order valence-electron chi connectivity index (χ2n) is 3.93. The number of carboxylic acid groups (broad SMARTS) is 1. The highest BCUT2D eigenvalue weighted by atomic mass is 19.1. The summed E-state index contributed by atoms with van der Waals surface area (Å²) in [5.41, 5.74) is 0.321. The number of hydrogen-bond acceptors (Lipinski definition) is 5. The van der Waals surface area contributed by atoms with Crippen LogP contribution < -0.4 is 5.32 Å². The Labute approximate surface area is 108 Å². The van der Waals surface area contributed by atoms with Gasteiger partial charge in [-0.3, -0.25) is 0 Å². The standard InChI is InChI=1S/C12H12FN3O3/c1-6-7(2)19-9(16-6)5-15-11-10(13)8(12(17)18)3-4-14-11/h3-4H,5H2,1-2H3,(H,14,15)(H,17,18). The molecule has 0 aliphatic heterocycles. The molecule has 0 bridgehead atoms. The fourth-order valence-electron chi connectivity index (χ4n) is 1.51. The van der Waals surface area contributed by atoms with Gasteiger partial charge in [-0.2, -0.15) is 0 Å². The van der Waals surface area contributed by atoms with Gasteiger partial charge in [0.05, 0.1) is 12.2 Å². The third kappa shape index (κ3) is 2.70. The predicted molar refractivity (Wildman–Crippen MR) is 64.5 cm³/mol. The van der Waals surface area contributed by atoms with E-state index in [-0.39, 0.29) is 12.4 Å². The molecule has 6 nitrogen and oxygen atoms in total. The first kappa shape index (κ1) is 13.0. The predicted octanol–water partition coefficient (Wildman–Crippen LogP) is 2.14. The summed E-state index contributed by atoms with van der Waals surface area (Å²) < 4.78 is 19.1. The van der Waals surface area contributed by atoms with Crippen molar-refractivity contribution in [3.8, 4) is 0 Å². The molecule has 0 fully saturated rings. The summed E-state index contributed by atoms with van der Waals surface area (Å²) in [6.45, 7) is 3.70. The molecule has 0 aromatic carbocycles. The third-order valence-electron chi connectivity index (χ3n) is 2.60. The van der Waals surface area contributed by atoms with Gasteiger partial charge in [0.2, 0.25) is 5.89 Å². The number of halogens is 1. The van der Waals surface area contributed by atoms with Crippen molar-refractivity contribution in [3.05, 3.63) is 41.0 Å². The molecule has 19 heavy (non-hydrogen) atoms.